The predicted molar refractivity (Wildman–Crippen MR) is 123 cm³/mol. The molecule has 0 saturated carbocycles. The molecule has 30 heavy (non-hydrogen) atoms. The van der Waals surface area contributed by atoms with Crippen molar-refractivity contribution in [2.45, 2.75) is 26.2 Å². The Morgan fingerprint density at radius 1 is 1.03 bits per heavy atom. The summed E-state index contributed by atoms with van der Waals surface area (Å²) in [5, 5.41) is 3.78. The second-order valence-electron chi connectivity index (χ2n) is 8.15. The summed E-state index contributed by atoms with van der Waals surface area (Å²) in [6.07, 6.45) is 2.45. The minimum absolute atomic E-state index is 0.127. The topological polar surface area (TPSA) is 52.7 Å². The van der Waals surface area contributed by atoms with Crippen LogP contribution in [0, 0.1) is 11.8 Å². The summed E-state index contributed by atoms with van der Waals surface area (Å²) < 4.78 is 0. The average molecular weight is 446 g/mol. The number of carbonyl (C=O) groups excluding carboxylic acids is 2. The Bertz CT molecular complexity index is 957. The van der Waals surface area contributed by atoms with Gasteiger partial charge in [-0.1, -0.05) is 48.3 Å². The molecular weight excluding hydrogens is 421 g/mol. The highest BCUT2D eigenvalue weighted by atomic mass is 35.5. The molecule has 0 unspecified atom stereocenters. The van der Waals surface area contributed by atoms with Gasteiger partial charge in [-0.2, -0.15) is 0 Å². The predicted octanol–water partition coefficient (Wildman–Crippen LogP) is 5.22. The monoisotopic (exact) mass is 445 g/mol. The third-order valence-corrected chi connectivity index (χ3v) is 6.81. The summed E-state index contributed by atoms with van der Waals surface area (Å²) in [4.78, 5) is 29.5. The number of hydrogen-bond acceptors (Lipinski definition) is 3. The van der Waals surface area contributed by atoms with Gasteiger partial charge in [-0.3, -0.25) is 9.59 Å². The van der Waals surface area contributed by atoms with Crippen LogP contribution in [0.2, 0.25) is 10.0 Å². The molecule has 2 aromatic rings. The average Bonchev–Trinajstić information content (AvgIpc) is 3.13. The molecule has 4 rings (SSSR count). The molecule has 2 aromatic carbocycles. The van der Waals surface area contributed by atoms with Gasteiger partial charge < -0.3 is 15.1 Å². The van der Waals surface area contributed by atoms with Gasteiger partial charge in [-0.15, -0.1) is 0 Å². The van der Waals surface area contributed by atoms with E-state index in [4.69, 9.17) is 23.2 Å². The molecule has 0 aromatic heterocycles. The van der Waals surface area contributed by atoms with E-state index in [1.54, 1.807) is 23.1 Å². The number of benzene rings is 2. The molecule has 2 fully saturated rings. The minimum Gasteiger partial charge on any atom is -0.370 e. The quantitative estimate of drug-likeness (QED) is 0.701. The second-order valence-corrected chi connectivity index (χ2v) is 8.94. The van der Waals surface area contributed by atoms with Crippen molar-refractivity contribution in [1.29, 1.82) is 0 Å². The van der Waals surface area contributed by atoms with Crippen molar-refractivity contribution in [3.63, 3.8) is 0 Å². The molecule has 7 heteroatoms. The smallest absolute Gasteiger partial charge is 0.229 e. The van der Waals surface area contributed by atoms with E-state index in [2.05, 4.69) is 17.1 Å². The molecule has 0 aliphatic carbocycles. The molecule has 2 aliphatic heterocycles. The second kappa shape index (κ2) is 8.86. The molecule has 5 nitrogen and oxygen atoms in total. The number of nitrogens with one attached hydrogen (secondary N) is 1. The first-order valence-corrected chi connectivity index (χ1v) is 11.1. The first kappa shape index (κ1) is 21.0. The lowest BCUT2D eigenvalue weighted by atomic mass is 9.98. The van der Waals surface area contributed by atoms with Gasteiger partial charge in [0.1, 0.15) is 0 Å². The van der Waals surface area contributed by atoms with Gasteiger partial charge >= 0.3 is 0 Å². The van der Waals surface area contributed by atoms with Crippen LogP contribution in [0.1, 0.15) is 26.2 Å². The highest BCUT2D eigenvalue weighted by molar-refractivity contribution is 6.44. The van der Waals surface area contributed by atoms with Crippen LogP contribution in [-0.4, -0.2) is 31.4 Å². The van der Waals surface area contributed by atoms with Crippen molar-refractivity contribution >= 4 is 52.1 Å². The molecular formula is C23H25Cl2N3O2. The van der Waals surface area contributed by atoms with Crippen LogP contribution in [0.3, 0.4) is 0 Å². The van der Waals surface area contributed by atoms with Crippen molar-refractivity contribution in [2.24, 2.45) is 11.8 Å². The Hall–Kier alpha value is -2.24. The Balaban J connectivity index is 1.48. The first-order chi connectivity index (χ1) is 14.4. The lowest BCUT2D eigenvalue weighted by Crippen LogP contribution is -2.34. The van der Waals surface area contributed by atoms with Gasteiger partial charge in [0.25, 0.3) is 0 Å². The third-order valence-electron chi connectivity index (χ3n) is 6.00. The zero-order valence-corrected chi connectivity index (χ0v) is 18.4. The summed E-state index contributed by atoms with van der Waals surface area (Å²) >= 11 is 12.4. The van der Waals surface area contributed by atoms with Gasteiger partial charge in [0.05, 0.1) is 33.0 Å². The highest BCUT2D eigenvalue weighted by Crippen LogP contribution is 2.36. The molecule has 1 atom stereocenters. The summed E-state index contributed by atoms with van der Waals surface area (Å²) in [7, 11) is 0. The largest absolute Gasteiger partial charge is 0.370 e. The van der Waals surface area contributed by atoms with Crippen molar-refractivity contribution in [3.05, 3.63) is 52.5 Å². The fourth-order valence-electron chi connectivity index (χ4n) is 4.16. The van der Waals surface area contributed by atoms with Crippen LogP contribution in [-0.2, 0) is 9.59 Å². The van der Waals surface area contributed by atoms with E-state index in [1.807, 2.05) is 24.3 Å². The lowest BCUT2D eigenvalue weighted by molar-refractivity contribution is -0.122. The number of halogens is 2. The zero-order chi connectivity index (χ0) is 21.3. The van der Waals surface area contributed by atoms with E-state index in [-0.39, 0.29) is 24.8 Å². The third kappa shape index (κ3) is 4.28. The van der Waals surface area contributed by atoms with E-state index in [0.717, 1.165) is 43.2 Å². The van der Waals surface area contributed by atoms with Gasteiger partial charge in [-0.25, -0.2) is 0 Å². The van der Waals surface area contributed by atoms with Crippen molar-refractivity contribution in [1.82, 2.24) is 0 Å². The van der Waals surface area contributed by atoms with Crippen LogP contribution in [0.4, 0.5) is 17.1 Å². The zero-order valence-electron chi connectivity index (χ0n) is 16.9. The first-order valence-electron chi connectivity index (χ1n) is 10.3. The van der Waals surface area contributed by atoms with Crippen molar-refractivity contribution < 1.29 is 9.59 Å². The molecule has 0 bridgehead atoms. The molecule has 2 heterocycles. The number of para-hydroxylation sites is 2. The van der Waals surface area contributed by atoms with Crippen LogP contribution < -0.4 is 15.1 Å². The fourth-order valence-corrected chi connectivity index (χ4v) is 4.55. The standard InChI is InChI=1S/C23H25Cl2N3O2/c1-15-9-11-27(12-10-15)19-7-3-2-6-18(19)26-23(30)16-13-21(29)28(14-16)20-8-4-5-17(24)22(20)25/h2-8,15-16H,9-14H2,1H3,(H,26,30)/t16-/m1/s1. The van der Waals surface area contributed by atoms with Crippen molar-refractivity contribution in [3.8, 4) is 0 Å². The lowest BCUT2D eigenvalue weighted by Gasteiger charge is -2.33. The number of hydrogen-bond donors (Lipinski definition) is 1. The van der Waals surface area contributed by atoms with Crippen LogP contribution in [0.15, 0.2) is 42.5 Å². The maximum Gasteiger partial charge on any atom is 0.229 e. The van der Waals surface area contributed by atoms with Crippen LogP contribution in [0.25, 0.3) is 0 Å². The molecule has 2 aliphatic rings. The van der Waals surface area contributed by atoms with Gasteiger partial charge in [0.15, 0.2) is 0 Å². The molecule has 1 N–H and O–H groups in total. The maximum atomic E-state index is 13.0. The molecule has 0 radical (unpaired) electrons. The molecule has 2 saturated heterocycles. The minimum atomic E-state index is -0.443. The summed E-state index contributed by atoms with van der Waals surface area (Å²) in [6, 6.07) is 13.1. The summed E-state index contributed by atoms with van der Waals surface area (Å²) in [6.45, 7) is 4.53. The number of amides is 2. The molecule has 0 spiro atoms. The van der Waals surface area contributed by atoms with Crippen LogP contribution in [0.5, 0.6) is 0 Å². The van der Waals surface area contributed by atoms with Crippen LogP contribution >= 0.6 is 23.2 Å². The fraction of sp³-hybridized carbons (Fsp3) is 0.391. The highest BCUT2D eigenvalue weighted by Gasteiger charge is 2.36. The van der Waals surface area contributed by atoms with Gasteiger partial charge in [-0.05, 0) is 43.0 Å². The Morgan fingerprint density at radius 2 is 1.73 bits per heavy atom. The number of rotatable bonds is 4. The van der Waals surface area contributed by atoms with Crippen molar-refractivity contribution in [2.75, 3.05) is 34.8 Å². The van der Waals surface area contributed by atoms with E-state index >= 15 is 0 Å². The normalized spacial score (nSPS) is 20.0. The van der Waals surface area contributed by atoms with E-state index < -0.39 is 5.92 Å². The molecule has 158 valence electrons. The number of anilines is 3. The van der Waals surface area contributed by atoms with Gasteiger partial charge in [0.2, 0.25) is 11.8 Å². The number of nitrogens with zero attached hydrogens (tertiary/aromatic N) is 2. The number of carbonyl (C=O) groups is 2. The SMILES string of the molecule is CC1CCN(c2ccccc2NC(=O)[C@@H]2CC(=O)N(c3cccc(Cl)c3Cl)C2)CC1. The summed E-state index contributed by atoms with van der Waals surface area (Å²) in [5.74, 6) is 0.0123. The molecule has 2 amide bonds. The Morgan fingerprint density at radius 3 is 2.50 bits per heavy atom. The Kier molecular flexibility index (Phi) is 6.21. The maximum absolute atomic E-state index is 13.0. The van der Waals surface area contributed by atoms with E-state index in [9.17, 15) is 9.59 Å². The summed E-state index contributed by atoms with van der Waals surface area (Å²) in [5.41, 5.74) is 2.38. The Labute approximate surface area is 186 Å². The van der Waals surface area contributed by atoms with Gasteiger partial charge in [0, 0.05) is 26.1 Å². The van der Waals surface area contributed by atoms with E-state index in [1.165, 1.54) is 0 Å². The number of piperidine rings is 1. The van der Waals surface area contributed by atoms with E-state index in [0.29, 0.717) is 15.7 Å².